The summed E-state index contributed by atoms with van der Waals surface area (Å²) >= 11 is 12.6. The Morgan fingerprint density at radius 1 is 1.20 bits per heavy atom. The molecule has 0 atom stereocenters. The van der Waals surface area contributed by atoms with Crippen LogP contribution in [0.15, 0.2) is 45.3 Å². The minimum absolute atomic E-state index is 0.173. The summed E-state index contributed by atoms with van der Waals surface area (Å²) in [5.74, 6) is -0.173. The van der Waals surface area contributed by atoms with E-state index in [2.05, 4.69) is 31.9 Å². The smallest absolute Gasteiger partial charge is 0.258 e. The van der Waals surface area contributed by atoms with Gasteiger partial charge in [0.05, 0.1) is 16.4 Å². The Labute approximate surface area is 139 Å². The fraction of sp³-hybridized carbons (Fsp3) is 0.0714. The van der Waals surface area contributed by atoms with E-state index < -0.39 is 0 Å². The molecule has 0 aromatic heterocycles. The highest BCUT2D eigenvalue weighted by Gasteiger charge is 2.16. The van der Waals surface area contributed by atoms with Crippen LogP contribution in [0.5, 0.6) is 0 Å². The Bertz CT molecular complexity index is 676. The number of rotatable bonds is 2. The van der Waals surface area contributed by atoms with Gasteiger partial charge in [0, 0.05) is 21.6 Å². The first kappa shape index (κ1) is 15.4. The number of nitrogen functional groups attached to an aromatic ring is 1. The average molecular weight is 419 g/mol. The fourth-order valence-electron chi connectivity index (χ4n) is 1.76. The van der Waals surface area contributed by atoms with E-state index in [1.165, 1.54) is 4.90 Å². The molecule has 2 aromatic carbocycles. The van der Waals surface area contributed by atoms with Gasteiger partial charge in [0.15, 0.2) is 0 Å². The molecule has 0 unspecified atom stereocenters. The van der Waals surface area contributed by atoms with Gasteiger partial charge < -0.3 is 10.6 Å². The molecule has 0 fully saturated rings. The van der Waals surface area contributed by atoms with E-state index in [0.29, 0.717) is 22.0 Å². The summed E-state index contributed by atoms with van der Waals surface area (Å²) in [5.41, 5.74) is 7.61. The van der Waals surface area contributed by atoms with Crippen molar-refractivity contribution in [3.05, 3.63) is 55.9 Å². The summed E-state index contributed by atoms with van der Waals surface area (Å²) in [7, 11) is 1.68. The highest BCUT2D eigenvalue weighted by Crippen LogP contribution is 2.28. The maximum absolute atomic E-state index is 12.4. The molecule has 0 aliphatic rings. The van der Waals surface area contributed by atoms with Crippen LogP contribution in [0.4, 0.5) is 11.4 Å². The van der Waals surface area contributed by atoms with Crippen molar-refractivity contribution in [2.75, 3.05) is 17.7 Å². The quantitative estimate of drug-likeness (QED) is 0.717. The second kappa shape index (κ2) is 6.16. The van der Waals surface area contributed by atoms with Gasteiger partial charge in [-0.2, -0.15) is 0 Å². The number of benzene rings is 2. The first-order valence-electron chi connectivity index (χ1n) is 5.68. The molecule has 0 spiro atoms. The van der Waals surface area contributed by atoms with Crippen LogP contribution in [0.3, 0.4) is 0 Å². The first-order valence-corrected chi connectivity index (χ1v) is 7.64. The Kier molecular flexibility index (Phi) is 4.73. The number of nitrogens with two attached hydrogens (primary N) is 1. The minimum atomic E-state index is -0.173. The maximum Gasteiger partial charge on any atom is 0.258 e. The first-order chi connectivity index (χ1) is 9.40. The van der Waals surface area contributed by atoms with Crippen molar-refractivity contribution in [2.45, 2.75) is 0 Å². The van der Waals surface area contributed by atoms with Crippen molar-refractivity contribution in [2.24, 2.45) is 0 Å². The molecule has 3 nitrogen and oxygen atoms in total. The summed E-state index contributed by atoms with van der Waals surface area (Å²) in [4.78, 5) is 13.9. The molecule has 0 saturated heterocycles. The summed E-state index contributed by atoms with van der Waals surface area (Å²) in [5, 5.41) is 0.494. The van der Waals surface area contributed by atoms with Gasteiger partial charge in [-0.3, -0.25) is 4.79 Å². The number of carbonyl (C=O) groups excluding carboxylic acids is 1. The van der Waals surface area contributed by atoms with Crippen molar-refractivity contribution in [3.8, 4) is 0 Å². The fourth-order valence-corrected chi connectivity index (χ4v) is 2.57. The van der Waals surface area contributed by atoms with Gasteiger partial charge in [-0.25, -0.2) is 0 Å². The van der Waals surface area contributed by atoms with E-state index in [9.17, 15) is 4.79 Å². The average Bonchev–Trinajstić information content (AvgIpc) is 2.40. The largest absolute Gasteiger partial charge is 0.397 e. The lowest BCUT2D eigenvalue weighted by Crippen LogP contribution is -2.27. The molecule has 1 amide bonds. The monoisotopic (exact) mass is 416 g/mol. The van der Waals surface area contributed by atoms with Crippen molar-refractivity contribution in [1.29, 1.82) is 0 Å². The molecule has 2 rings (SSSR count). The van der Waals surface area contributed by atoms with Gasteiger partial charge in [0.2, 0.25) is 0 Å². The van der Waals surface area contributed by atoms with E-state index in [4.69, 9.17) is 17.3 Å². The molecule has 0 aliphatic heterocycles. The Balaban J connectivity index is 2.34. The Hall–Kier alpha value is -1.04. The maximum atomic E-state index is 12.4. The predicted octanol–water partition coefficient (Wildman–Crippen LogP) is 4.72. The predicted molar refractivity (Wildman–Crippen MR) is 90.4 cm³/mol. The molecular formula is C14H11Br2ClN2O. The van der Waals surface area contributed by atoms with E-state index in [1.54, 1.807) is 37.4 Å². The molecule has 0 radical (unpaired) electrons. The van der Waals surface area contributed by atoms with E-state index in [-0.39, 0.29) is 5.91 Å². The number of halogens is 3. The molecule has 2 aromatic rings. The van der Waals surface area contributed by atoms with Crippen LogP contribution in [0.2, 0.25) is 5.02 Å². The SMILES string of the molecule is CN(C(=O)c1ccc(Br)c(Cl)c1)c1ccc(Br)cc1N. The van der Waals surface area contributed by atoms with Crippen molar-refractivity contribution in [1.82, 2.24) is 0 Å². The van der Waals surface area contributed by atoms with Gasteiger partial charge in [-0.05, 0) is 52.3 Å². The third-order valence-corrected chi connectivity index (χ3v) is 4.55. The Morgan fingerprint density at radius 2 is 1.90 bits per heavy atom. The van der Waals surface area contributed by atoms with Gasteiger partial charge in [-0.1, -0.05) is 27.5 Å². The lowest BCUT2D eigenvalue weighted by Gasteiger charge is -2.19. The highest BCUT2D eigenvalue weighted by atomic mass is 79.9. The summed E-state index contributed by atoms with van der Waals surface area (Å²) in [6, 6.07) is 10.5. The number of amides is 1. The van der Waals surface area contributed by atoms with Crippen LogP contribution in [-0.4, -0.2) is 13.0 Å². The topological polar surface area (TPSA) is 46.3 Å². The summed E-state index contributed by atoms with van der Waals surface area (Å²) in [6.07, 6.45) is 0. The normalized spacial score (nSPS) is 10.4. The van der Waals surface area contributed by atoms with Crippen molar-refractivity contribution >= 4 is 60.7 Å². The van der Waals surface area contributed by atoms with Crippen LogP contribution in [0.1, 0.15) is 10.4 Å². The zero-order valence-corrected chi connectivity index (χ0v) is 14.5. The number of hydrogen-bond acceptors (Lipinski definition) is 2. The molecule has 0 heterocycles. The molecule has 0 aliphatic carbocycles. The number of hydrogen-bond donors (Lipinski definition) is 1. The van der Waals surface area contributed by atoms with Gasteiger partial charge in [0.1, 0.15) is 0 Å². The van der Waals surface area contributed by atoms with Crippen molar-refractivity contribution < 1.29 is 4.79 Å². The highest BCUT2D eigenvalue weighted by molar-refractivity contribution is 9.10. The van der Waals surface area contributed by atoms with Crippen molar-refractivity contribution in [3.63, 3.8) is 0 Å². The van der Waals surface area contributed by atoms with Crippen LogP contribution in [0.25, 0.3) is 0 Å². The van der Waals surface area contributed by atoms with Crippen LogP contribution >= 0.6 is 43.5 Å². The van der Waals surface area contributed by atoms with E-state index in [0.717, 1.165) is 8.95 Å². The minimum Gasteiger partial charge on any atom is -0.397 e. The second-order valence-corrected chi connectivity index (χ2v) is 6.37. The number of carbonyl (C=O) groups is 1. The van der Waals surface area contributed by atoms with E-state index >= 15 is 0 Å². The molecule has 6 heteroatoms. The number of anilines is 2. The van der Waals surface area contributed by atoms with Crippen LogP contribution in [-0.2, 0) is 0 Å². The van der Waals surface area contributed by atoms with E-state index in [1.807, 2.05) is 6.07 Å². The number of nitrogens with zero attached hydrogens (tertiary/aromatic N) is 1. The molecule has 104 valence electrons. The van der Waals surface area contributed by atoms with Gasteiger partial charge >= 0.3 is 0 Å². The van der Waals surface area contributed by atoms with Crippen LogP contribution < -0.4 is 10.6 Å². The third kappa shape index (κ3) is 3.16. The lowest BCUT2D eigenvalue weighted by atomic mass is 10.2. The van der Waals surface area contributed by atoms with Gasteiger partial charge in [-0.15, -0.1) is 0 Å². The lowest BCUT2D eigenvalue weighted by molar-refractivity contribution is 0.0993. The Morgan fingerprint density at radius 3 is 2.50 bits per heavy atom. The summed E-state index contributed by atoms with van der Waals surface area (Å²) in [6.45, 7) is 0. The standard InChI is InChI=1S/C14H11Br2ClN2O/c1-19(13-5-3-9(15)7-12(13)18)14(20)8-2-4-10(16)11(17)6-8/h2-7H,18H2,1H3. The third-order valence-electron chi connectivity index (χ3n) is 2.82. The molecule has 20 heavy (non-hydrogen) atoms. The molecular weight excluding hydrogens is 407 g/mol. The van der Waals surface area contributed by atoms with Crippen LogP contribution in [0, 0.1) is 0 Å². The molecule has 0 saturated carbocycles. The zero-order valence-electron chi connectivity index (χ0n) is 10.5. The molecule has 0 bridgehead atoms. The van der Waals surface area contributed by atoms with Gasteiger partial charge in [0.25, 0.3) is 5.91 Å². The second-order valence-electron chi connectivity index (χ2n) is 4.20. The summed E-state index contributed by atoms with van der Waals surface area (Å²) < 4.78 is 1.62. The zero-order chi connectivity index (χ0) is 14.9. The molecule has 2 N–H and O–H groups in total.